The average Bonchev–Trinajstić information content (AvgIpc) is 2.90. The number of para-hydroxylation sites is 1. The molecule has 5 heteroatoms. The minimum Gasteiger partial charge on any atom is -0.496 e. The molecule has 0 unspecified atom stereocenters. The summed E-state index contributed by atoms with van der Waals surface area (Å²) in [6.07, 6.45) is 0. The molecule has 0 spiro atoms. The maximum Gasteiger partial charge on any atom is 0.123 e. The van der Waals surface area contributed by atoms with E-state index in [9.17, 15) is 0 Å². The molecule has 2 aromatic carbocycles. The lowest BCUT2D eigenvalue weighted by molar-refractivity contribution is 0.407. The number of nitrogens with one attached hydrogen (secondary N) is 1. The number of methoxy groups -OCH3 is 1. The van der Waals surface area contributed by atoms with E-state index >= 15 is 0 Å². The molecule has 1 N–H and O–H groups in total. The number of benzene rings is 2. The molecule has 0 aliphatic heterocycles. The standard InChI is InChI=1S/C16H15ClN2OS/c1-20-14-7-6-12(17)8-11(14)9-18-10-16-19-13-4-2-3-5-15(13)21-16/h2-8,18H,9-10H2,1H3. The van der Waals surface area contributed by atoms with Crippen LogP contribution in [0.25, 0.3) is 10.2 Å². The lowest BCUT2D eigenvalue weighted by Crippen LogP contribution is -2.13. The molecule has 0 aliphatic rings. The van der Waals surface area contributed by atoms with Gasteiger partial charge in [-0.25, -0.2) is 4.98 Å². The van der Waals surface area contributed by atoms with Gasteiger partial charge in [-0.2, -0.15) is 0 Å². The smallest absolute Gasteiger partial charge is 0.123 e. The lowest BCUT2D eigenvalue weighted by Gasteiger charge is -2.09. The highest BCUT2D eigenvalue weighted by molar-refractivity contribution is 7.18. The molecule has 0 radical (unpaired) electrons. The summed E-state index contributed by atoms with van der Waals surface area (Å²) in [5.41, 5.74) is 2.10. The van der Waals surface area contributed by atoms with Crippen LogP contribution in [0.15, 0.2) is 42.5 Å². The van der Waals surface area contributed by atoms with Crippen LogP contribution in [-0.4, -0.2) is 12.1 Å². The second-order valence-electron chi connectivity index (χ2n) is 4.64. The van der Waals surface area contributed by atoms with Gasteiger partial charge in [-0.05, 0) is 30.3 Å². The van der Waals surface area contributed by atoms with Gasteiger partial charge in [0.05, 0.1) is 17.3 Å². The third-order valence-corrected chi connectivity index (χ3v) is 4.44. The largest absolute Gasteiger partial charge is 0.496 e. The summed E-state index contributed by atoms with van der Waals surface area (Å²) in [6.45, 7) is 1.43. The maximum atomic E-state index is 6.03. The highest BCUT2D eigenvalue weighted by atomic mass is 35.5. The molecule has 3 aromatic rings. The Bertz CT molecular complexity index is 724. The Kier molecular flexibility index (Phi) is 4.39. The van der Waals surface area contributed by atoms with Crippen molar-refractivity contribution in [1.82, 2.24) is 10.3 Å². The molecule has 0 bridgehead atoms. The van der Waals surface area contributed by atoms with Crippen LogP contribution < -0.4 is 10.1 Å². The highest BCUT2D eigenvalue weighted by Crippen LogP contribution is 2.23. The molecule has 0 aliphatic carbocycles. The zero-order valence-corrected chi connectivity index (χ0v) is 13.2. The Morgan fingerprint density at radius 3 is 2.86 bits per heavy atom. The first-order chi connectivity index (χ1) is 10.3. The van der Waals surface area contributed by atoms with E-state index in [0.717, 1.165) is 28.4 Å². The summed E-state index contributed by atoms with van der Waals surface area (Å²) >= 11 is 7.74. The van der Waals surface area contributed by atoms with E-state index in [1.165, 1.54) is 4.70 Å². The van der Waals surface area contributed by atoms with Gasteiger partial charge < -0.3 is 10.1 Å². The van der Waals surface area contributed by atoms with Crippen LogP contribution >= 0.6 is 22.9 Å². The van der Waals surface area contributed by atoms with E-state index in [2.05, 4.69) is 16.4 Å². The minimum atomic E-state index is 0.694. The molecule has 108 valence electrons. The van der Waals surface area contributed by atoms with Gasteiger partial charge in [0.25, 0.3) is 0 Å². The fourth-order valence-corrected chi connectivity index (χ4v) is 3.32. The normalized spacial score (nSPS) is 11.0. The summed E-state index contributed by atoms with van der Waals surface area (Å²) in [6, 6.07) is 13.8. The molecule has 21 heavy (non-hydrogen) atoms. The number of hydrogen-bond acceptors (Lipinski definition) is 4. The van der Waals surface area contributed by atoms with E-state index in [1.54, 1.807) is 18.4 Å². The second kappa shape index (κ2) is 6.43. The van der Waals surface area contributed by atoms with E-state index in [1.807, 2.05) is 36.4 Å². The van der Waals surface area contributed by atoms with Crippen LogP contribution in [0.2, 0.25) is 5.02 Å². The Morgan fingerprint density at radius 1 is 1.19 bits per heavy atom. The molecule has 0 amide bonds. The van der Waals surface area contributed by atoms with Crippen molar-refractivity contribution in [3.63, 3.8) is 0 Å². The third kappa shape index (κ3) is 3.35. The van der Waals surface area contributed by atoms with Crippen molar-refractivity contribution in [2.24, 2.45) is 0 Å². The van der Waals surface area contributed by atoms with E-state index in [-0.39, 0.29) is 0 Å². The first kappa shape index (κ1) is 14.3. The zero-order valence-electron chi connectivity index (χ0n) is 11.6. The first-order valence-electron chi connectivity index (χ1n) is 6.64. The second-order valence-corrected chi connectivity index (χ2v) is 6.19. The molecule has 1 aromatic heterocycles. The lowest BCUT2D eigenvalue weighted by atomic mass is 10.2. The fourth-order valence-electron chi connectivity index (χ4n) is 2.18. The fraction of sp³-hybridized carbons (Fsp3) is 0.188. The average molecular weight is 319 g/mol. The zero-order chi connectivity index (χ0) is 14.7. The summed E-state index contributed by atoms with van der Waals surface area (Å²) in [5, 5.41) is 5.19. The topological polar surface area (TPSA) is 34.1 Å². The van der Waals surface area contributed by atoms with Crippen LogP contribution in [-0.2, 0) is 13.1 Å². The van der Waals surface area contributed by atoms with E-state index < -0.39 is 0 Å². The van der Waals surface area contributed by atoms with Crippen LogP contribution in [0.5, 0.6) is 5.75 Å². The third-order valence-electron chi connectivity index (χ3n) is 3.17. The monoisotopic (exact) mass is 318 g/mol. The number of rotatable bonds is 5. The molecule has 0 saturated heterocycles. The SMILES string of the molecule is COc1ccc(Cl)cc1CNCc1nc2ccccc2s1. The van der Waals surface area contributed by atoms with Crippen LogP contribution in [0, 0.1) is 0 Å². The van der Waals surface area contributed by atoms with Crippen molar-refractivity contribution in [2.45, 2.75) is 13.1 Å². The number of nitrogens with zero attached hydrogens (tertiary/aromatic N) is 1. The molecule has 1 heterocycles. The molecular formula is C16H15ClN2OS. The maximum absolute atomic E-state index is 6.03. The van der Waals surface area contributed by atoms with Gasteiger partial charge in [-0.3, -0.25) is 0 Å². The van der Waals surface area contributed by atoms with Crippen molar-refractivity contribution >= 4 is 33.2 Å². The molecular weight excluding hydrogens is 304 g/mol. The van der Waals surface area contributed by atoms with Crippen molar-refractivity contribution in [3.8, 4) is 5.75 Å². The quantitative estimate of drug-likeness (QED) is 0.763. The highest BCUT2D eigenvalue weighted by Gasteiger charge is 2.06. The van der Waals surface area contributed by atoms with Gasteiger partial charge in [-0.15, -0.1) is 11.3 Å². The van der Waals surface area contributed by atoms with Gasteiger partial charge in [0.1, 0.15) is 10.8 Å². The molecule has 0 fully saturated rings. The van der Waals surface area contributed by atoms with Gasteiger partial charge in [-0.1, -0.05) is 23.7 Å². The predicted molar refractivity (Wildman–Crippen MR) is 88.2 cm³/mol. The summed E-state index contributed by atoms with van der Waals surface area (Å²) < 4.78 is 6.56. The summed E-state index contributed by atoms with van der Waals surface area (Å²) in [4.78, 5) is 4.60. The van der Waals surface area contributed by atoms with E-state index in [4.69, 9.17) is 16.3 Å². The van der Waals surface area contributed by atoms with Crippen LogP contribution in [0.4, 0.5) is 0 Å². The van der Waals surface area contributed by atoms with E-state index in [0.29, 0.717) is 11.6 Å². The molecule has 3 rings (SSSR count). The molecule has 0 atom stereocenters. The first-order valence-corrected chi connectivity index (χ1v) is 7.83. The van der Waals surface area contributed by atoms with Crippen LogP contribution in [0.3, 0.4) is 0 Å². The molecule has 3 nitrogen and oxygen atoms in total. The number of halogens is 1. The number of hydrogen-bond donors (Lipinski definition) is 1. The predicted octanol–water partition coefficient (Wildman–Crippen LogP) is 4.25. The number of thiazole rings is 1. The van der Waals surface area contributed by atoms with Crippen molar-refractivity contribution in [2.75, 3.05) is 7.11 Å². The van der Waals surface area contributed by atoms with Gasteiger partial charge >= 0.3 is 0 Å². The van der Waals surface area contributed by atoms with Crippen LogP contribution in [0.1, 0.15) is 10.6 Å². The summed E-state index contributed by atoms with van der Waals surface area (Å²) in [7, 11) is 1.67. The van der Waals surface area contributed by atoms with Gasteiger partial charge in [0, 0.05) is 23.7 Å². The van der Waals surface area contributed by atoms with Crippen molar-refractivity contribution < 1.29 is 4.74 Å². The summed E-state index contributed by atoms with van der Waals surface area (Å²) in [5.74, 6) is 0.844. The Balaban J connectivity index is 1.67. The number of aromatic nitrogens is 1. The number of fused-ring (bicyclic) bond motifs is 1. The Labute approximate surface area is 132 Å². The van der Waals surface area contributed by atoms with Crippen molar-refractivity contribution in [1.29, 1.82) is 0 Å². The minimum absolute atomic E-state index is 0.694. The molecule has 0 saturated carbocycles. The van der Waals surface area contributed by atoms with Gasteiger partial charge in [0.2, 0.25) is 0 Å². The number of ether oxygens (including phenoxy) is 1. The van der Waals surface area contributed by atoms with Crippen molar-refractivity contribution in [3.05, 3.63) is 58.1 Å². The Morgan fingerprint density at radius 2 is 2.05 bits per heavy atom. The van der Waals surface area contributed by atoms with Gasteiger partial charge in [0.15, 0.2) is 0 Å². The Hall–Kier alpha value is -1.62.